The van der Waals surface area contributed by atoms with Gasteiger partial charge in [-0.05, 0) is 46.9 Å². The minimum absolute atomic E-state index is 0.277. The zero-order chi connectivity index (χ0) is 31.2. The minimum atomic E-state index is -0.277. The highest BCUT2D eigenvalue weighted by Crippen LogP contribution is 2.17. The molecule has 0 radical (unpaired) electrons. The molecule has 234 valence electrons. The van der Waals surface area contributed by atoms with Gasteiger partial charge in [-0.25, -0.2) is 4.98 Å². The summed E-state index contributed by atoms with van der Waals surface area (Å²) in [4.78, 5) is 26.5. The Morgan fingerprint density at radius 3 is 2.05 bits per heavy atom. The molecule has 0 unspecified atom stereocenters. The smallest absolute Gasteiger partial charge is 0.274 e. The number of carbonyl (C=O) groups is 1. The van der Waals surface area contributed by atoms with Crippen molar-refractivity contribution in [1.82, 2.24) is 25.5 Å². The third-order valence-electron chi connectivity index (χ3n) is 4.87. The molecule has 9 heteroatoms. The molecule has 40 heavy (non-hydrogen) atoms. The topological polar surface area (TPSA) is 91.8 Å². The number of aromatic nitrogens is 2. The van der Waals surface area contributed by atoms with Gasteiger partial charge in [0.05, 0.1) is 13.2 Å². The lowest BCUT2D eigenvalue weighted by Gasteiger charge is -2.26. The molecule has 1 amide bonds. The maximum Gasteiger partial charge on any atom is 0.274 e. The fourth-order valence-corrected chi connectivity index (χ4v) is 3.28. The number of rotatable bonds is 12. The van der Waals surface area contributed by atoms with E-state index in [4.69, 9.17) is 9.47 Å². The first-order valence-electron chi connectivity index (χ1n) is 15.3. The summed E-state index contributed by atoms with van der Waals surface area (Å²) in [5, 5.41) is 5.65. The summed E-state index contributed by atoms with van der Waals surface area (Å²) in [5.74, 6) is 0.681. The predicted molar refractivity (Wildman–Crippen MR) is 173 cm³/mol. The first-order chi connectivity index (χ1) is 19.5. The molecular formula is C31H62N6O3. The van der Waals surface area contributed by atoms with Gasteiger partial charge in [-0.3, -0.25) is 9.69 Å². The molecule has 2 N–H and O–H groups in total. The second kappa shape index (κ2) is 31.0. The number of allylic oxidation sites excluding steroid dienone is 3. The molecule has 2 heterocycles. The molecule has 1 aliphatic heterocycles. The van der Waals surface area contributed by atoms with E-state index in [-0.39, 0.29) is 5.91 Å². The maximum atomic E-state index is 12.9. The summed E-state index contributed by atoms with van der Waals surface area (Å²) >= 11 is 0. The van der Waals surface area contributed by atoms with Crippen LogP contribution in [0.15, 0.2) is 30.0 Å². The fraction of sp³-hybridized carbons (Fsp3) is 0.710. The van der Waals surface area contributed by atoms with E-state index in [1.165, 1.54) is 0 Å². The van der Waals surface area contributed by atoms with Gasteiger partial charge in [-0.1, -0.05) is 67.5 Å². The van der Waals surface area contributed by atoms with E-state index in [1.54, 1.807) is 6.07 Å². The van der Waals surface area contributed by atoms with E-state index >= 15 is 0 Å². The molecule has 9 nitrogen and oxygen atoms in total. The molecule has 0 bridgehead atoms. The summed E-state index contributed by atoms with van der Waals surface area (Å²) in [6, 6.07) is 1.62. The van der Waals surface area contributed by atoms with Crippen LogP contribution in [0.5, 0.6) is 5.88 Å². The van der Waals surface area contributed by atoms with E-state index in [2.05, 4.69) is 44.2 Å². The van der Waals surface area contributed by atoms with Crippen LogP contribution in [-0.4, -0.2) is 87.4 Å². The van der Waals surface area contributed by atoms with Crippen molar-refractivity contribution in [3.63, 3.8) is 0 Å². The molecule has 0 atom stereocenters. The van der Waals surface area contributed by atoms with E-state index in [0.717, 1.165) is 64.5 Å². The van der Waals surface area contributed by atoms with Gasteiger partial charge in [0.1, 0.15) is 12.3 Å². The van der Waals surface area contributed by atoms with Crippen LogP contribution >= 0.6 is 0 Å². The molecule has 2 rings (SSSR count). The molecule has 1 aliphatic rings. The Bertz CT molecular complexity index is 759. The molecule has 1 aromatic rings. The third kappa shape index (κ3) is 19.6. The van der Waals surface area contributed by atoms with Gasteiger partial charge in [0.25, 0.3) is 5.91 Å². The Morgan fingerprint density at radius 1 is 1.02 bits per heavy atom. The van der Waals surface area contributed by atoms with Crippen molar-refractivity contribution in [2.75, 3.05) is 71.5 Å². The highest BCUT2D eigenvalue weighted by Gasteiger charge is 2.17. The lowest BCUT2D eigenvalue weighted by Crippen LogP contribution is -2.38. The number of nitrogens with zero attached hydrogens (tertiary/aromatic N) is 4. The molecule has 0 spiro atoms. The van der Waals surface area contributed by atoms with Crippen LogP contribution in [0.2, 0.25) is 0 Å². The number of morpholine rings is 1. The number of hydrogen-bond acceptors (Lipinski definition) is 8. The number of amides is 1. The maximum absolute atomic E-state index is 12.9. The van der Waals surface area contributed by atoms with E-state index in [1.807, 2.05) is 87.7 Å². The third-order valence-corrected chi connectivity index (χ3v) is 4.87. The Kier molecular flexibility index (Phi) is 32.6. The second-order valence-electron chi connectivity index (χ2n) is 7.88. The molecular weight excluding hydrogens is 504 g/mol. The minimum Gasteiger partial charge on any atom is -0.476 e. The van der Waals surface area contributed by atoms with Gasteiger partial charge in [0.15, 0.2) is 0 Å². The van der Waals surface area contributed by atoms with Gasteiger partial charge in [0.2, 0.25) is 11.8 Å². The van der Waals surface area contributed by atoms with E-state index in [0.29, 0.717) is 24.1 Å². The van der Waals surface area contributed by atoms with Gasteiger partial charge >= 0.3 is 0 Å². The summed E-state index contributed by atoms with van der Waals surface area (Å²) in [6.07, 6.45) is 7.51. The summed E-state index contributed by atoms with van der Waals surface area (Å²) in [5.41, 5.74) is 1.02. The first-order valence-corrected chi connectivity index (χ1v) is 15.3. The average molecular weight is 567 g/mol. The quantitative estimate of drug-likeness (QED) is 0.301. The molecule has 1 aromatic heterocycles. The normalized spacial score (nSPS) is 12.8. The number of ether oxygens (including phenoxy) is 2. The van der Waals surface area contributed by atoms with Crippen molar-refractivity contribution in [1.29, 1.82) is 0 Å². The van der Waals surface area contributed by atoms with Crippen LogP contribution < -0.4 is 20.3 Å². The van der Waals surface area contributed by atoms with Crippen molar-refractivity contribution in [3.8, 4) is 5.88 Å². The van der Waals surface area contributed by atoms with Crippen LogP contribution in [-0.2, 0) is 4.74 Å². The van der Waals surface area contributed by atoms with E-state index in [9.17, 15) is 4.79 Å². The largest absolute Gasteiger partial charge is 0.476 e. The van der Waals surface area contributed by atoms with Gasteiger partial charge in [-0.15, -0.1) is 0 Å². The summed E-state index contributed by atoms with van der Waals surface area (Å²) in [7, 11) is 3.75. The number of hydrogen-bond donors (Lipinski definition) is 2. The van der Waals surface area contributed by atoms with Crippen molar-refractivity contribution in [2.24, 2.45) is 0 Å². The van der Waals surface area contributed by atoms with Gasteiger partial charge < -0.3 is 25.0 Å². The Hall–Kier alpha value is -2.49. The van der Waals surface area contributed by atoms with Crippen molar-refractivity contribution in [2.45, 2.75) is 82.1 Å². The van der Waals surface area contributed by atoms with Gasteiger partial charge in [-0.2, -0.15) is 4.98 Å². The zero-order valence-electron chi connectivity index (χ0n) is 27.9. The highest BCUT2D eigenvalue weighted by atomic mass is 16.5. The average Bonchev–Trinajstić information content (AvgIpc) is 3.00. The van der Waals surface area contributed by atoms with Crippen LogP contribution in [0.25, 0.3) is 0 Å². The van der Waals surface area contributed by atoms with Gasteiger partial charge in [0, 0.05) is 44.5 Å². The van der Waals surface area contributed by atoms with Crippen molar-refractivity contribution < 1.29 is 14.3 Å². The standard InChI is InChI=1S/C23H37N5O3.C2H7N.3C2H6/c1-5-9-19(8-4)24-22(29)20-18-21(31-17-14-27-12-15-30-16-13-27)26-23(25-20)28(10-6-2)11-7-3;1-3-2;3*1-2/h5,8-9,18H,6-7,10-17H2,1-4H3,(H,24,29);3H,1-2H3;3*1-2H3/b9-5-,19-8+;;;;. The molecule has 0 aliphatic carbocycles. The fourth-order valence-electron chi connectivity index (χ4n) is 3.28. The lowest BCUT2D eigenvalue weighted by molar-refractivity contribution is 0.0320. The second-order valence-corrected chi connectivity index (χ2v) is 7.88. The first kappa shape index (κ1) is 42.0. The van der Waals surface area contributed by atoms with Crippen LogP contribution in [0.1, 0.15) is 92.6 Å². The summed E-state index contributed by atoms with van der Waals surface area (Å²) < 4.78 is 11.3. The molecule has 0 aromatic carbocycles. The lowest BCUT2D eigenvalue weighted by atomic mass is 10.3. The summed E-state index contributed by atoms with van der Waals surface area (Å²) in [6.45, 7) is 26.3. The Labute approximate surface area is 246 Å². The SMILES string of the molecule is C/C=C\C(=C/C)NC(=O)c1cc(OCCN2CCOCC2)nc(N(CCC)CCC)n1.CC.CC.CC.CNC. The number of anilines is 1. The van der Waals surface area contributed by atoms with Crippen LogP contribution in [0.4, 0.5) is 5.95 Å². The number of carbonyl (C=O) groups excluding carboxylic acids is 1. The molecule has 1 saturated heterocycles. The Balaban J connectivity index is -0.00000136. The number of nitrogens with one attached hydrogen (secondary N) is 2. The van der Waals surface area contributed by atoms with Crippen molar-refractivity contribution >= 4 is 11.9 Å². The predicted octanol–water partition coefficient (Wildman–Crippen LogP) is 5.94. The van der Waals surface area contributed by atoms with Crippen LogP contribution in [0.3, 0.4) is 0 Å². The van der Waals surface area contributed by atoms with E-state index < -0.39 is 0 Å². The highest BCUT2D eigenvalue weighted by molar-refractivity contribution is 5.94. The van der Waals surface area contributed by atoms with Crippen LogP contribution in [0, 0.1) is 0 Å². The molecule has 0 saturated carbocycles. The zero-order valence-corrected chi connectivity index (χ0v) is 27.9. The Morgan fingerprint density at radius 2 is 1.57 bits per heavy atom. The van der Waals surface area contributed by atoms with Crippen molar-refractivity contribution in [3.05, 3.63) is 35.7 Å². The molecule has 1 fully saturated rings. The monoisotopic (exact) mass is 566 g/mol.